The van der Waals surface area contributed by atoms with Gasteiger partial charge >= 0.3 is 0 Å². The van der Waals surface area contributed by atoms with Crippen LogP contribution in [-0.4, -0.2) is 39.3 Å². The molecule has 2 aromatic carbocycles. The van der Waals surface area contributed by atoms with E-state index in [1.165, 1.54) is 16.7 Å². The average molecular weight is 510 g/mol. The minimum absolute atomic E-state index is 0.240. The summed E-state index contributed by atoms with van der Waals surface area (Å²) in [5.74, 6) is 1.32. The third kappa shape index (κ3) is 6.46. The number of fused-ring (bicyclic) bond motifs is 1. The molecule has 0 saturated carbocycles. The van der Waals surface area contributed by atoms with Gasteiger partial charge in [-0.2, -0.15) is 0 Å². The van der Waals surface area contributed by atoms with Gasteiger partial charge in [-0.05, 0) is 73.1 Å². The molecule has 0 fully saturated rings. The van der Waals surface area contributed by atoms with Crippen molar-refractivity contribution in [1.29, 1.82) is 0 Å². The van der Waals surface area contributed by atoms with Crippen molar-refractivity contribution in [3.8, 4) is 0 Å². The molecule has 0 atom stereocenters. The highest BCUT2D eigenvalue weighted by Crippen LogP contribution is 2.22. The van der Waals surface area contributed by atoms with E-state index in [1.54, 1.807) is 12.4 Å². The van der Waals surface area contributed by atoms with E-state index in [4.69, 9.17) is 4.98 Å². The maximum atomic E-state index is 4.84. The average Bonchev–Trinajstić information content (AvgIpc) is 3.23. The van der Waals surface area contributed by atoms with Crippen LogP contribution in [0.5, 0.6) is 0 Å². The summed E-state index contributed by atoms with van der Waals surface area (Å²) < 4.78 is 2.04. The van der Waals surface area contributed by atoms with Gasteiger partial charge in [0.15, 0.2) is 5.82 Å². The van der Waals surface area contributed by atoms with Crippen LogP contribution in [0, 0.1) is 12.3 Å². The first-order valence-corrected chi connectivity index (χ1v) is 13.1. The summed E-state index contributed by atoms with van der Waals surface area (Å²) in [6, 6.07) is 12.9. The standard InChI is InChI=1S/C31H39N7/c1-9-32-29(28-22(3)19-33-30(36-28)37(7)15-14-31(4,5)6)35-25-12-11-24(21(2)16-25)17-23-10-13-27-26(18-23)34-20-38(27)8/h9-13,16,18-20,35H,3,14-15,17H2,1-2,4-8H3/b29-28-,32-9-. The van der Waals surface area contributed by atoms with Crippen LogP contribution in [0.3, 0.4) is 0 Å². The molecule has 4 rings (SSSR count). The lowest BCUT2D eigenvalue weighted by Gasteiger charge is -2.23. The number of anilines is 2. The zero-order valence-electron chi connectivity index (χ0n) is 23.7. The second-order valence-corrected chi connectivity index (χ2v) is 11.1. The van der Waals surface area contributed by atoms with Crippen molar-refractivity contribution in [3.05, 3.63) is 76.2 Å². The Kier molecular flexibility index (Phi) is 7.95. The molecule has 0 aliphatic carbocycles. The summed E-state index contributed by atoms with van der Waals surface area (Å²) in [4.78, 5) is 20.6. The monoisotopic (exact) mass is 509 g/mol. The Labute approximate surface area is 225 Å². The minimum atomic E-state index is 0.240. The molecule has 0 bridgehead atoms. The lowest BCUT2D eigenvalue weighted by molar-refractivity contribution is 0.381. The summed E-state index contributed by atoms with van der Waals surface area (Å²) in [6.45, 7) is 15.8. The van der Waals surface area contributed by atoms with E-state index in [9.17, 15) is 0 Å². The molecule has 198 valence electrons. The molecular weight excluding hydrogens is 470 g/mol. The fourth-order valence-corrected chi connectivity index (χ4v) is 4.29. The quantitative estimate of drug-likeness (QED) is 0.345. The van der Waals surface area contributed by atoms with Crippen LogP contribution < -0.4 is 20.8 Å². The number of hydrogen-bond acceptors (Lipinski definition) is 6. The van der Waals surface area contributed by atoms with Gasteiger partial charge in [-0.25, -0.2) is 19.9 Å². The first-order chi connectivity index (χ1) is 18.0. The fraction of sp³-hybridized carbons (Fsp3) is 0.355. The highest BCUT2D eigenvalue weighted by molar-refractivity contribution is 5.76. The largest absolute Gasteiger partial charge is 0.344 e. The van der Waals surface area contributed by atoms with E-state index in [-0.39, 0.29) is 5.41 Å². The van der Waals surface area contributed by atoms with Gasteiger partial charge < -0.3 is 14.8 Å². The van der Waals surface area contributed by atoms with Crippen LogP contribution in [0.4, 0.5) is 11.6 Å². The molecular formula is C31H39N7. The van der Waals surface area contributed by atoms with Crippen LogP contribution in [-0.2, 0) is 13.5 Å². The Bertz CT molecular complexity index is 1570. The molecule has 0 amide bonds. The summed E-state index contributed by atoms with van der Waals surface area (Å²) in [5, 5.41) is 4.90. The number of aromatic nitrogens is 4. The van der Waals surface area contributed by atoms with Crippen molar-refractivity contribution < 1.29 is 0 Å². The van der Waals surface area contributed by atoms with Gasteiger partial charge in [0, 0.05) is 44.0 Å². The molecule has 0 aliphatic heterocycles. The molecule has 2 aromatic heterocycles. The van der Waals surface area contributed by atoms with Crippen LogP contribution >= 0.6 is 0 Å². The molecule has 0 radical (unpaired) electrons. The molecule has 0 aliphatic rings. The maximum absolute atomic E-state index is 4.84. The molecule has 7 heteroatoms. The first kappa shape index (κ1) is 27.0. The summed E-state index contributed by atoms with van der Waals surface area (Å²) >= 11 is 0. The molecule has 0 saturated heterocycles. The summed E-state index contributed by atoms with van der Waals surface area (Å²) in [5.41, 5.74) is 7.08. The van der Waals surface area contributed by atoms with Gasteiger partial charge in [0.05, 0.1) is 17.4 Å². The number of nitrogens with one attached hydrogen (secondary N) is 1. The van der Waals surface area contributed by atoms with Crippen molar-refractivity contribution in [1.82, 2.24) is 19.5 Å². The van der Waals surface area contributed by atoms with Crippen molar-refractivity contribution in [2.75, 3.05) is 23.8 Å². The van der Waals surface area contributed by atoms with Crippen LogP contribution in [0.2, 0.25) is 0 Å². The van der Waals surface area contributed by atoms with Gasteiger partial charge in [0.2, 0.25) is 5.95 Å². The van der Waals surface area contributed by atoms with E-state index in [0.717, 1.165) is 41.3 Å². The Morgan fingerprint density at radius 1 is 1.16 bits per heavy atom. The number of benzene rings is 2. The SMILES string of the molecule is C=c1cnc(N(C)CCC(C)(C)C)n/c1=C(/N=C\C)Nc1ccc(Cc2ccc3c(c2)ncn3C)c(C)c1. The predicted molar refractivity (Wildman–Crippen MR) is 160 cm³/mol. The topological polar surface area (TPSA) is 71.2 Å². The fourth-order valence-electron chi connectivity index (χ4n) is 4.29. The van der Waals surface area contributed by atoms with Gasteiger partial charge in [0.1, 0.15) is 5.35 Å². The van der Waals surface area contributed by atoms with Gasteiger partial charge in [-0.1, -0.05) is 39.5 Å². The van der Waals surface area contributed by atoms with E-state index in [2.05, 4.69) is 95.8 Å². The van der Waals surface area contributed by atoms with Gasteiger partial charge in [0.25, 0.3) is 0 Å². The minimum Gasteiger partial charge on any atom is -0.344 e. The smallest absolute Gasteiger partial charge is 0.225 e. The second-order valence-electron chi connectivity index (χ2n) is 11.1. The number of nitrogens with zero attached hydrogens (tertiary/aromatic N) is 6. The Morgan fingerprint density at radius 3 is 2.66 bits per heavy atom. The number of aryl methyl sites for hydroxylation is 2. The number of aliphatic imine (C=N–C) groups is 1. The van der Waals surface area contributed by atoms with Crippen LogP contribution in [0.25, 0.3) is 23.4 Å². The Balaban J connectivity index is 1.59. The van der Waals surface area contributed by atoms with Crippen LogP contribution in [0.15, 0.2) is 53.9 Å². The van der Waals surface area contributed by atoms with Crippen molar-refractivity contribution in [2.45, 2.75) is 47.5 Å². The zero-order valence-corrected chi connectivity index (χ0v) is 23.7. The molecule has 1 N–H and O–H groups in total. The third-order valence-electron chi connectivity index (χ3n) is 6.66. The molecule has 2 heterocycles. The summed E-state index contributed by atoms with van der Waals surface area (Å²) in [6.07, 6.45) is 7.28. The first-order valence-electron chi connectivity index (χ1n) is 13.1. The van der Waals surface area contributed by atoms with E-state index in [0.29, 0.717) is 17.1 Å². The lowest BCUT2D eigenvalue weighted by atomic mass is 9.92. The number of imidazole rings is 1. The van der Waals surface area contributed by atoms with Crippen LogP contribution in [0.1, 0.15) is 50.8 Å². The van der Waals surface area contributed by atoms with E-state index in [1.807, 2.05) is 31.9 Å². The normalized spacial score (nSPS) is 12.8. The lowest BCUT2D eigenvalue weighted by Crippen LogP contribution is -2.35. The number of hydrogen-bond donors (Lipinski definition) is 1. The molecule has 0 unspecified atom stereocenters. The van der Waals surface area contributed by atoms with Gasteiger partial charge in [-0.15, -0.1) is 0 Å². The highest BCUT2D eigenvalue weighted by Gasteiger charge is 2.14. The van der Waals surface area contributed by atoms with Crippen molar-refractivity contribution in [2.24, 2.45) is 17.5 Å². The molecule has 0 spiro atoms. The highest BCUT2D eigenvalue weighted by atomic mass is 15.2. The molecule has 7 nitrogen and oxygen atoms in total. The Morgan fingerprint density at radius 2 is 1.95 bits per heavy atom. The number of rotatable bonds is 8. The third-order valence-corrected chi connectivity index (χ3v) is 6.66. The summed E-state index contributed by atoms with van der Waals surface area (Å²) in [7, 11) is 4.04. The predicted octanol–water partition coefficient (Wildman–Crippen LogP) is 4.81. The maximum Gasteiger partial charge on any atom is 0.225 e. The van der Waals surface area contributed by atoms with E-state index < -0.39 is 0 Å². The molecule has 4 aromatic rings. The van der Waals surface area contributed by atoms with Crippen molar-refractivity contribution in [3.63, 3.8) is 0 Å². The Hall–Kier alpha value is -4.00. The van der Waals surface area contributed by atoms with Gasteiger partial charge in [-0.3, -0.25) is 0 Å². The van der Waals surface area contributed by atoms with E-state index >= 15 is 0 Å². The van der Waals surface area contributed by atoms with Crippen molar-refractivity contribution >= 4 is 41.3 Å². The molecule has 38 heavy (non-hydrogen) atoms. The second kappa shape index (κ2) is 11.2. The zero-order chi connectivity index (χ0) is 27.4.